The molecule has 1 amide bonds. The zero-order chi connectivity index (χ0) is 20.1. The molecule has 1 heterocycles. The van der Waals surface area contributed by atoms with Gasteiger partial charge in [0.1, 0.15) is 5.82 Å². The molecule has 0 aliphatic rings. The van der Waals surface area contributed by atoms with Crippen LogP contribution in [0.4, 0.5) is 4.39 Å². The Kier molecular flexibility index (Phi) is 7.53. The first kappa shape index (κ1) is 22.6. The molecule has 0 bridgehead atoms. The number of halogens is 2. The molecule has 29 heavy (non-hydrogen) atoms. The number of rotatable bonds is 7. The summed E-state index contributed by atoms with van der Waals surface area (Å²) >= 11 is 0. The molecule has 154 valence electrons. The first-order chi connectivity index (χ1) is 13.5. The molecule has 0 aliphatic carbocycles. The second-order valence-corrected chi connectivity index (χ2v) is 6.81. The molecule has 0 spiro atoms. The van der Waals surface area contributed by atoms with E-state index in [1.54, 1.807) is 42.5 Å². The second kappa shape index (κ2) is 9.67. The van der Waals surface area contributed by atoms with Crippen LogP contribution in [-0.2, 0) is 0 Å². The number of hydrogen-bond donors (Lipinski definition) is 2. The Morgan fingerprint density at radius 3 is 2.38 bits per heavy atom. The van der Waals surface area contributed by atoms with Crippen molar-refractivity contribution in [3.63, 3.8) is 0 Å². The van der Waals surface area contributed by atoms with Gasteiger partial charge in [0.25, 0.3) is 5.91 Å². The molecule has 0 saturated heterocycles. The van der Waals surface area contributed by atoms with Crippen molar-refractivity contribution >= 4 is 18.3 Å². The maximum absolute atomic E-state index is 14.0. The van der Waals surface area contributed by atoms with E-state index < -0.39 is 11.4 Å². The normalized spacial score (nSPS) is 11.0. The fraction of sp³-hybridized carbons (Fsp3) is 0.273. The van der Waals surface area contributed by atoms with Crippen molar-refractivity contribution in [3.05, 3.63) is 66.1 Å². The summed E-state index contributed by atoms with van der Waals surface area (Å²) < 4.78 is 19.8. The summed E-state index contributed by atoms with van der Waals surface area (Å²) in [5.74, 6) is -0.0807. The second-order valence-electron chi connectivity index (χ2n) is 6.81. The standard InChI is InChI=1S/C22H24FN3O2.ClH/c1-3-22(24,4-2)14-26-20(27)15-9-5-6-10-16(15)21-25-13-19(28-21)17-11-7-8-12-18(17)23;/h5-13H,3-4,14,24H2,1-2H3,(H,26,27);1H. The SMILES string of the molecule is CCC(N)(CC)CNC(=O)c1ccccc1-c1ncc(-c2ccccc2F)o1.Cl. The summed E-state index contributed by atoms with van der Waals surface area (Å²) in [4.78, 5) is 17.0. The third-order valence-electron chi connectivity index (χ3n) is 5.06. The van der Waals surface area contributed by atoms with Crippen LogP contribution in [0.3, 0.4) is 0 Å². The third-order valence-corrected chi connectivity index (χ3v) is 5.06. The Hall–Kier alpha value is -2.70. The minimum atomic E-state index is -0.439. The molecule has 3 aromatic rings. The number of oxazole rings is 1. The number of carbonyl (C=O) groups is 1. The molecule has 0 radical (unpaired) electrons. The van der Waals surface area contributed by atoms with Crippen LogP contribution in [0, 0.1) is 5.82 Å². The minimum absolute atomic E-state index is 0. The summed E-state index contributed by atoms with van der Waals surface area (Å²) in [6.07, 6.45) is 2.98. The maximum atomic E-state index is 14.0. The van der Waals surface area contributed by atoms with Crippen molar-refractivity contribution in [1.82, 2.24) is 10.3 Å². The summed E-state index contributed by atoms with van der Waals surface area (Å²) in [6, 6.07) is 13.3. The van der Waals surface area contributed by atoms with Crippen molar-refractivity contribution in [2.45, 2.75) is 32.2 Å². The zero-order valence-corrected chi connectivity index (χ0v) is 17.3. The highest BCUT2D eigenvalue weighted by Crippen LogP contribution is 2.29. The molecule has 0 aliphatic heterocycles. The number of hydrogen-bond acceptors (Lipinski definition) is 4. The number of benzene rings is 2. The van der Waals surface area contributed by atoms with E-state index in [1.165, 1.54) is 12.3 Å². The number of nitrogens with one attached hydrogen (secondary N) is 1. The first-order valence-corrected chi connectivity index (χ1v) is 9.34. The third kappa shape index (κ3) is 5.02. The van der Waals surface area contributed by atoms with Crippen molar-refractivity contribution in [1.29, 1.82) is 0 Å². The highest BCUT2D eigenvalue weighted by Gasteiger charge is 2.23. The van der Waals surface area contributed by atoms with Gasteiger partial charge in [-0.2, -0.15) is 0 Å². The fourth-order valence-electron chi connectivity index (χ4n) is 2.90. The summed E-state index contributed by atoms with van der Waals surface area (Å²) in [5.41, 5.74) is 7.12. The van der Waals surface area contributed by atoms with Crippen LogP contribution in [0.5, 0.6) is 0 Å². The lowest BCUT2D eigenvalue weighted by Crippen LogP contribution is -2.49. The quantitative estimate of drug-likeness (QED) is 0.577. The summed E-state index contributed by atoms with van der Waals surface area (Å²) in [6.45, 7) is 4.38. The van der Waals surface area contributed by atoms with Gasteiger partial charge in [-0.15, -0.1) is 12.4 Å². The predicted molar refractivity (Wildman–Crippen MR) is 114 cm³/mol. The van der Waals surface area contributed by atoms with Gasteiger partial charge in [0.05, 0.1) is 17.3 Å². The van der Waals surface area contributed by atoms with E-state index in [0.29, 0.717) is 29.0 Å². The van der Waals surface area contributed by atoms with Gasteiger partial charge in [0, 0.05) is 17.6 Å². The van der Waals surface area contributed by atoms with Gasteiger partial charge in [-0.25, -0.2) is 9.37 Å². The summed E-state index contributed by atoms with van der Waals surface area (Å²) in [5, 5.41) is 2.91. The molecule has 3 rings (SSSR count). The van der Waals surface area contributed by atoms with Gasteiger partial charge in [0.2, 0.25) is 5.89 Å². The van der Waals surface area contributed by atoms with Gasteiger partial charge < -0.3 is 15.5 Å². The number of aromatic nitrogens is 1. The Labute approximate surface area is 175 Å². The van der Waals surface area contributed by atoms with Crippen molar-refractivity contribution in [2.75, 3.05) is 6.54 Å². The molecule has 3 N–H and O–H groups in total. The molecule has 1 aromatic heterocycles. The molecule has 7 heteroatoms. The van der Waals surface area contributed by atoms with Crippen molar-refractivity contribution in [3.8, 4) is 22.8 Å². The van der Waals surface area contributed by atoms with E-state index in [1.807, 2.05) is 13.8 Å². The van der Waals surface area contributed by atoms with E-state index in [2.05, 4.69) is 10.3 Å². The van der Waals surface area contributed by atoms with Gasteiger partial charge >= 0.3 is 0 Å². The van der Waals surface area contributed by atoms with E-state index >= 15 is 0 Å². The van der Waals surface area contributed by atoms with E-state index in [4.69, 9.17) is 10.2 Å². The number of nitrogens with two attached hydrogens (primary N) is 1. The summed E-state index contributed by atoms with van der Waals surface area (Å²) in [7, 11) is 0. The van der Waals surface area contributed by atoms with Crippen molar-refractivity contribution < 1.29 is 13.6 Å². The highest BCUT2D eigenvalue weighted by molar-refractivity contribution is 6.00. The molecule has 0 fully saturated rings. The lowest BCUT2D eigenvalue weighted by Gasteiger charge is -2.26. The Bertz CT molecular complexity index is 970. The Morgan fingerprint density at radius 2 is 1.72 bits per heavy atom. The zero-order valence-electron chi connectivity index (χ0n) is 16.4. The van der Waals surface area contributed by atoms with Gasteiger partial charge in [-0.05, 0) is 37.1 Å². The van der Waals surface area contributed by atoms with E-state index in [0.717, 1.165) is 12.8 Å². The van der Waals surface area contributed by atoms with Crippen LogP contribution < -0.4 is 11.1 Å². The number of amides is 1. The topological polar surface area (TPSA) is 81.1 Å². The predicted octanol–water partition coefficient (Wildman–Crippen LogP) is 4.82. The van der Waals surface area contributed by atoms with Crippen molar-refractivity contribution in [2.24, 2.45) is 5.73 Å². The van der Waals surface area contributed by atoms with Crippen LogP contribution >= 0.6 is 12.4 Å². The first-order valence-electron chi connectivity index (χ1n) is 9.34. The lowest BCUT2D eigenvalue weighted by atomic mass is 9.94. The molecule has 0 unspecified atom stereocenters. The molecule has 2 aromatic carbocycles. The molecule has 0 atom stereocenters. The van der Waals surface area contributed by atoms with E-state index in [-0.39, 0.29) is 24.2 Å². The van der Waals surface area contributed by atoms with Crippen LogP contribution in [-0.4, -0.2) is 23.0 Å². The smallest absolute Gasteiger partial charge is 0.252 e. The highest BCUT2D eigenvalue weighted by atomic mass is 35.5. The molecular formula is C22H25ClFN3O2. The van der Waals surface area contributed by atoms with Gasteiger partial charge in [-0.3, -0.25) is 4.79 Å². The average Bonchev–Trinajstić information content (AvgIpc) is 3.22. The van der Waals surface area contributed by atoms with Gasteiger partial charge in [0.15, 0.2) is 5.76 Å². The van der Waals surface area contributed by atoms with E-state index in [9.17, 15) is 9.18 Å². The maximum Gasteiger partial charge on any atom is 0.252 e. The molecule has 5 nitrogen and oxygen atoms in total. The molecule has 0 saturated carbocycles. The van der Waals surface area contributed by atoms with Gasteiger partial charge in [-0.1, -0.05) is 38.1 Å². The molecular weight excluding hydrogens is 393 g/mol. The fourth-order valence-corrected chi connectivity index (χ4v) is 2.90. The van der Waals surface area contributed by atoms with Crippen LogP contribution in [0.25, 0.3) is 22.8 Å². The Balaban J connectivity index is 0.00000300. The minimum Gasteiger partial charge on any atom is -0.436 e. The lowest BCUT2D eigenvalue weighted by molar-refractivity contribution is 0.0942. The number of carbonyl (C=O) groups excluding carboxylic acids is 1. The largest absolute Gasteiger partial charge is 0.436 e. The van der Waals surface area contributed by atoms with Crippen LogP contribution in [0.15, 0.2) is 59.1 Å². The number of nitrogens with zero attached hydrogens (tertiary/aromatic N) is 1. The van der Waals surface area contributed by atoms with Crippen LogP contribution in [0.2, 0.25) is 0 Å². The Morgan fingerprint density at radius 1 is 1.10 bits per heavy atom. The van der Waals surface area contributed by atoms with Crippen LogP contribution in [0.1, 0.15) is 37.0 Å². The monoisotopic (exact) mass is 417 g/mol. The average molecular weight is 418 g/mol.